The van der Waals surface area contributed by atoms with E-state index in [1.54, 1.807) is 19.1 Å². The van der Waals surface area contributed by atoms with Gasteiger partial charge in [0.1, 0.15) is 11.9 Å². The lowest BCUT2D eigenvalue weighted by atomic mass is 9.94. The summed E-state index contributed by atoms with van der Waals surface area (Å²) in [4.78, 5) is 34.7. The zero-order valence-electron chi connectivity index (χ0n) is 23.4. The maximum absolute atomic E-state index is 12.4. The molecule has 0 aliphatic rings. The van der Waals surface area contributed by atoms with Crippen LogP contribution in [0, 0.1) is 13.8 Å². The molecule has 6 heteroatoms. The van der Waals surface area contributed by atoms with E-state index in [9.17, 15) is 14.4 Å². The summed E-state index contributed by atoms with van der Waals surface area (Å²) in [5, 5.41) is 11.4. The number of benzene rings is 3. The molecule has 0 radical (unpaired) electrons. The molecular formula is C33H39NO5. The van der Waals surface area contributed by atoms with E-state index in [0.717, 1.165) is 59.3 Å². The maximum Gasteiger partial charge on any atom is 0.305 e. The standard InChI is InChI=1S/C33H39NO5/c1-5-6-7-8-9-30(26-12-16-28(17-13-26)33(38)34-19-18-31(36)37)39-29-20-22(2)32(23(3)21-29)27-14-10-25(11-15-27)24(4)35/h10-17,20-21,30H,5-9,18-19H2,1-4H3,(H,34,38)(H,36,37). The molecule has 39 heavy (non-hydrogen) atoms. The first-order valence-electron chi connectivity index (χ1n) is 13.7. The number of hydrogen-bond acceptors (Lipinski definition) is 4. The Morgan fingerprint density at radius 3 is 2.05 bits per heavy atom. The first kappa shape index (κ1) is 29.6. The highest BCUT2D eigenvalue weighted by molar-refractivity contribution is 5.95. The molecule has 3 rings (SSSR count). The first-order chi connectivity index (χ1) is 18.7. The van der Waals surface area contributed by atoms with E-state index in [4.69, 9.17) is 9.84 Å². The number of Topliss-reactive ketones (excluding diaryl/α,β-unsaturated/α-hetero) is 1. The molecule has 1 amide bonds. The van der Waals surface area contributed by atoms with Crippen LogP contribution in [-0.2, 0) is 4.79 Å². The van der Waals surface area contributed by atoms with Gasteiger partial charge in [-0.3, -0.25) is 14.4 Å². The number of ketones is 1. The van der Waals surface area contributed by atoms with Crippen molar-refractivity contribution in [2.45, 2.75) is 72.3 Å². The molecule has 0 fully saturated rings. The lowest BCUT2D eigenvalue weighted by Gasteiger charge is -2.22. The molecule has 3 aromatic carbocycles. The summed E-state index contributed by atoms with van der Waals surface area (Å²) in [6.07, 6.45) is 5.09. The summed E-state index contributed by atoms with van der Waals surface area (Å²) in [7, 11) is 0. The number of hydrogen-bond donors (Lipinski definition) is 2. The van der Waals surface area contributed by atoms with Gasteiger partial charge in [-0.2, -0.15) is 0 Å². The van der Waals surface area contributed by atoms with E-state index in [1.165, 1.54) is 6.42 Å². The van der Waals surface area contributed by atoms with Crippen LogP contribution in [0.5, 0.6) is 5.75 Å². The quantitative estimate of drug-likeness (QED) is 0.167. The number of nitrogens with one attached hydrogen (secondary N) is 1. The number of carbonyl (C=O) groups excluding carboxylic acids is 2. The summed E-state index contributed by atoms with van der Waals surface area (Å²) in [6, 6.07) is 19.2. The van der Waals surface area contributed by atoms with E-state index in [2.05, 4.69) is 38.2 Å². The predicted molar refractivity (Wildman–Crippen MR) is 155 cm³/mol. The van der Waals surface area contributed by atoms with E-state index >= 15 is 0 Å². The molecule has 6 nitrogen and oxygen atoms in total. The van der Waals surface area contributed by atoms with Crippen molar-refractivity contribution in [3.8, 4) is 16.9 Å². The van der Waals surface area contributed by atoms with E-state index in [-0.39, 0.29) is 30.8 Å². The third kappa shape index (κ3) is 8.54. The van der Waals surface area contributed by atoms with Gasteiger partial charge in [-0.15, -0.1) is 0 Å². The normalized spacial score (nSPS) is 11.6. The Morgan fingerprint density at radius 1 is 0.872 bits per heavy atom. The smallest absolute Gasteiger partial charge is 0.305 e. The van der Waals surface area contributed by atoms with Crippen molar-refractivity contribution < 1.29 is 24.2 Å². The summed E-state index contributed by atoms with van der Waals surface area (Å²) < 4.78 is 6.56. The molecule has 1 atom stereocenters. The Labute approximate surface area is 231 Å². The highest BCUT2D eigenvalue weighted by atomic mass is 16.5. The average Bonchev–Trinajstić information content (AvgIpc) is 2.90. The van der Waals surface area contributed by atoms with Crippen LogP contribution in [0.3, 0.4) is 0 Å². The van der Waals surface area contributed by atoms with Crippen LogP contribution >= 0.6 is 0 Å². The number of carboxylic acids is 1. The third-order valence-electron chi connectivity index (χ3n) is 6.85. The molecule has 3 aromatic rings. The van der Waals surface area contributed by atoms with Crippen molar-refractivity contribution in [2.75, 3.05) is 6.54 Å². The predicted octanol–water partition coefficient (Wildman–Crippen LogP) is 7.47. The molecule has 2 N–H and O–H groups in total. The van der Waals surface area contributed by atoms with E-state index < -0.39 is 5.97 Å². The molecule has 0 saturated heterocycles. The molecule has 0 spiro atoms. The monoisotopic (exact) mass is 529 g/mol. The van der Waals surface area contributed by atoms with Gasteiger partial charge in [0.2, 0.25) is 0 Å². The van der Waals surface area contributed by atoms with Gasteiger partial charge in [0.15, 0.2) is 5.78 Å². The number of ether oxygens (including phenoxy) is 1. The molecule has 0 heterocycles. The van der Waals surface area contributed by atoms with Crippen molar-refractivity contribution >= 4 is 17.7 Å². The molecule has 0 aliphatic heterocycles. The van der Waals surface area contributed by atoms with Crippen molar-refractivity contribution in [3.05, 3.63) is 88.5 Å². The van der Waals surface area contributed by atoms with Gasteiger partial charge >= 0.3 is 5.97 Å². The minimum Gasteiger partial charge on any atom is -0.486 e. The molecule has 0 bridgehead atoms. The fourth-order valence-electron chi connectivity index (χ4n) is 4.77. The zero-order chi connectivity index (χ0) is 28.4. The fraction of sp³-hybridized carbons (Fsp3) is 0.364. The molecule has 206 valence electrons. The van der Waals surface area contributed by atoms with Crippen LogP contribution in [0.15, 0.2) is 60.7 Å². The number of unbranched alkanes of at least 4 members (excludes halogenated alkanes) is 3. The van der Waals surface area contributed by atoms with Crippen molar-refractivity contribution in [2.24, 2.45) is 0 Å². The Morgan fingerprint density at radius 2 is 1.49 bits per heavy atom. The number of rotatable bonds is 14. The van der Waals surface area contributed by atoms with E-state index in [0.29, 0.717) is 11.1 Å². The minimum atomic E-state index is -0.946. The summed E-state index contributed by atoms with van der Waals surface area (Å²) in [5.41, 5.74) is 6.57. The van der Waals surface area contributed by atoms with Crippen LogP contribution in [0.2, 0.25) is 0 Å². The second kappa shape index (κ2) is 14.3. The van der Waals surface area contributed by atoms with Crippen molar-refractivity contribution in [1.82, 2.24) is 5.32 Å². The Bertz CT molecular complexity index is 1260. The molecule has 0 saturated carbocycles. The summed E-state index contributed by atoms with van der Waals surface area (Å²) in [6.45, 7) is 7.99. The second-order valence-corrected chi connectivity index (χ2v) is 10.0. The average molecular weight is 530 g/mol. The number of amides is 1. The Hall–Kier alpha value is -3.93. The largest absolute Gasteiger partial charge is 0.486 e. The summed E-state index contributed by atoms with van der Waals surface area (Å²) in [5.74, 6) is -0.389. The van der Waals surface area contributed by atoms with Crippen LogP contribution in [0.4, 0.5) is 0 Å². The topological polar surface area (TPSA) is 92.7 Å². The Balaban J connectivity index is 1.80. The van der Waals surface area contributed by atoms with Crippen LogP contribution < -0.4 is 10.1 Å². The number of aryl methyl sites for hydroxylation is 2. The van der Waals surface area contributed by atoms with Crippen LogP contribution in [0.1, 0.15) is 95.9 Å². The van der Waals surface area contributed by atoms with Crippen molar-refractivity contribution in [3.63, 3.8) is 0 Å². The second-order valence-electron chi connectivity index (χ2n) is 10.0. The van der Waals surface area contributed by atoms with Gasteiger partial charge in [0, 0.05) is 17.7 Å². The third-order valence-corrected chi connectivity index (χ3v) is 6.85. The lowest BCUT2D eigenvalue weighted by molar-refractivity contribution is -0.136. The fourth-order valence-corrected chi connectivity index (χ4v) is 4.77. The summed E-state index contributed by atoms with van der Waals surface area (Å²) >= 11 is 0. The molecule has 0 aliphatic carbocycles. The van der Waals surface area contributed by atoms with Gasteiger partial charge in [0.05, 0.1) is 6.42 Å². The Kier molecular flexibility index (Phi) is 10.9. The molecule has 1 unspecified atom stereocenters. The highest BCUT2D eigenvalue weighted by Crippen LogP contribution is 2.34. The van der Waals surface area contributed by atoms with Gasteiger partial charge < -0.3 is 15.2 Å². The maximum atomic E-state index is 12.4. The van der Waals surface area contributed by atoms with Gasteiger partial charge in [-0.1, -0.05) is 62.6 Å². The van der Waals surface area contributed by atoms with Crippen LogP contribution in [0.25, 0.3) is 11.1 Å². The zero-order valence-corrected chi connectivity index (χ0v) is 23.4. The highest BCUT2D eigenvalue weighted by Gasteiger charge is 2.17. The molecular weight excluding hydrogens is 490 g/mol. The molecule has 0 aromatic heterocycles. The van der Waals surface area contributed by atoms with E-state index in [1.807, 2.05) is 36.4 Å². The number of carboxylic acid groups (broad SMARTS) is 1. The van der Waals surface area contributed by atoms with Crippen molar-refractivity contribution in [1.29, 1.82) is 0 Å². The van der Waals surface area contributed by atoms with Gasteiger partial charge in [-0.05, 0) is 85.7 Å². The number of aliphatic carboxylic acids is 1. The SMILES string of the molecule is CCCCCCC(Oc1cc(C)c(-c2ccc(C(C)=O)cc2)c(C)c1)c1ccc(C(=O)NCCC(=O)O)cc1. The lowest BCUT2D eigenvalue weighted by Crippen LogP contribution is -2.26. The van der Waals surface area contributed by atoms with Gasteiger partial charge in [-0.25, -0.2) is 0 Å². The first-order valence-corrected chi connectivity index (χ1v) is 13.7. The number of carbonyl (C=O) groups is 3. The minimum absolute atomic E-state index is 0.0515. The van der Waals surface area contributed by atoms with Gasteiger partial charge in [0.25, 0.3) is 5.91 Å². The van der Waals surface area contributed by atoms with Crippen LogP contribution in [-0.4, -0.2) is 29.3 Å².